The third-order valence-corrected chi connectivity index (χ3v) is 3.61. The number of carbonyl (C=O) groups is 2. The lowest BCUT2D eigenvalue weighted by Gasteiger charge is -2.20. The standard InChI is InChI=1S/C14H17ClN2O3/c15-11-4-1-3-10(7-11)8-16-13(18)9-17-6-2-5-12(17)14(19)20/h1,3-4,7,12H,2,5-6,8-9H2,(H,16,18)(H,19,20)/t12-/m0/s1. The second-order valence-electron chi connectivity index (χ2n) is 4.87. The highest BCUT2D eigenvalue weighted by molar-refractivity contribution is 6.30. The van der Waals surface area contributed by atoms with Crippen molar-refractivity contribution in [3.05, 3.63) is 34.9 Å². The Labute approximate surface area is 122 Å². The maximum Gasteiger partial charge on any atom is 0.320 e. The molecule has 0 spiro atoms. The van der Waals surface area contributed by atoms with Gasteiger partial charge in [0, 0.05) is 11.6 Å². The molecule has 0 unspecified atom stereocenters. The number of likely N-dealkylation sites (tertiary alicyclic amines) is 1. The van der Waals surface area contributed by atoms with Crippen LogP contribution in [0.3, 0.4) is 0 Å². The van der Waals surface area contributed by atoms with Crippen molar-refractivity contribution in [2.75, 3.05) is 13.1 Å². The van der Waals surface area contributed by atoms with Gasteiger partial charge in [0.15, 0.2) is 0 Å². The molecule has 20 heavy (non-hydrogen) atoms. The molecule has 0 aromatic heterocycles. The number of nitrogens with zero attached hydrogens (tertiary/aromatic N) is 1. The number of carboxylic acid groups (broad SMARTS) is 1. The Morgan fingerprint density at radius 2 is 2.25 bits per heavy atom. The van der Waals surface area contributed by atoms with E-state index in [4.69, 9.17) is 16.7 Å². The first kappa shape index (κ1) is 14.8. The third-order valence-electron chi connectivity index (χ3n) is 3.37. The number of carboxylic acids is 1. The Hall–Kier alpha value is -1.59. The molecular weight excluding hydrogens is 280 g/mol. The van der Waals surface area contributed by atoms with Gasteiger partial charge >= 0.3 is 5.97 Å². The number of halogens is 1. The predicted molar refractivity (Wildman–Crippen MR) is 75.5 cm³/mol. The zero-order chi connectivity index (χ0) is 14.5. The molecular formula is C14H17ClN2O3. The van der Waals surface area contributed by atoms with Crippen LogP contribution in [0.1, 0.15) is 18.4 Å². The van der Waals surface area contributed by atoms with Crippen LogP contribution < -0.4 is 5.32 Å². The van der Waals surface area contributed by atoms with Gasteiger partial charge in [-0.3, -0.25) is 14.5 Å². The fourth-order valence-electron chi connectivity index (χ4n) is 2.38. The van der Waals surface area contributed by atoms with Crippen molar-refractivity contribution in [3.8, 4) is 0 Å². The molecule has 0 saturated carbocycles. The van der Waals surface area contributed by atoms with Gasteiger partial charge in [-0.15, -0.1) is 0 Å². The average molecular weight is 297 g/mol. The van der Waals surface area contributed by atoms with E-state index in [2.05, 4.69) is 5.32 Å². The SMILES string of the molecule is O=C(CN1CCC[C@H]1C(=O)O)NCc1cccc(Cl)c1. The van der Waals surface area contributed by atoms with E-state index in [1.54, 1.807) is 17.0 Å². The minimum atomic E-state index is -0.856. The number of hydrogen-bond acceptors (Lipinski definition) is 3. The van der Waals surface area contributed by atoms with E-state index < -0.39 is 12.0 Å². The van der Waals surface area contributed by atoms with Crippen molar-refractivity contribution in [2.24, 2.45) is 0 Å². The van der Waals surface area contributed by atoms with Gasteiger partial charge < -0.3 is 10.4 Å². The van der Waals surface area contributed by atoms with Gasteiger partial charge in [-0.2, -0.15) is 0 Å². The molecule has 5 nitrogen and oxygen atoms in total. The van der Waals surface area contributed by atoms with Crippen LogP contribution in [0.2, 0.25) is 5.02 Å². The van der Waals surface area contributed by atoms with Crippen molar-refractivity contribution in [1.82, 2.24) is 10.2 Å². The van der Waals surface area contributed by atoms with Crippen molar-refractivity contribution in [3.63, 3.8) is 0 Å². The Morgan fingerprint density at radius 1 is 1.45 bits per heavy atom. The summed E-state index contributed by atoms with van der Waals surface area (Å²) < 4.78 is 0. The molecule has 0 bridgehead atoms. The van der Waals surface area contributed by atoms with Crippen molar-refractivity contribution < 1.29 is 14.7 Å². The second kappa shape index (κ2) is 6.72. The molecule has 0 radical (unpaired) electrons. The van der Waals surface area contributed by atoms with Gasteiger partial charge in [0.05, 0.1) is 6.54 Å². The van der Waals surface area contributed by atoms with Gasteiger partial charge in [-0.05, 0) is 37.1 Å². The molecule has 1 aliphatic rings. The largest absolute Gasteiger partial charge is 0.480 e. The number of aliphatic carboxylic acids is 1. The minimum Gasteiger partial charge on any atom is -0.480 e. The fraction of sp³-hybridized carbons (Fsp3) is 0.429. The fourth-order valence-corrected chi connectivity index (χ4v) is 2.60. The monoisotopic (exact) mass is 296 g/mol. The van der Waals surface area contributed by atoms with E-state index >= 15 is 0 Å². The minimum absolute atomic E-state index is 0.123. The quantitative estimate of drug-likeness (QED) is 0.864. The van der Waals surface area contributed by atoms with Gasteiger partial charge in [0.25, 0.3) is 0 Å². The highest BCUT2D eigenvalue weighted by atomic mass is 35.5. The zero-order valence-electron chi connectivity index (χ0n) is 11.0. The summed E-state index contributed by atoms with van der Waals surface area (Å²) in [6, 6.07) is 6.73. The number of amides is 1. The van der Waals surface area contributed by atoms with Crippen LogP contribution in [0, 0.1) is 0 Å². The highest BCUT2D eigenvalue weighted by Crippen LogP contribution is 2.16. The molecule has 2 rings (SSSR count). The van der Waals surface area contributed by atoms with Crippen molar-refractivity contribution >= 4 is 23.5 Å². The van der Waals surface area contributed by atoms with Gasteiger partial charge in [-0.1, -0.05) is 23.7 Å². The van der Waals surface area contributed by atoms with Gasteiger partial charge in [0.2, 0.25) is 5.91 Å². The van der Waals surface area contributed by atoms with E-state index in [1.165, 1.54) is 0 Å². The van der Waals surface area contributed by atoms with Crippen LogP contribution in [-0.2, 0) is 16.1 Å². The molecule has 1 atom stereocenters. The van der Waals surface area contributed by atoms with Crippen LogP contribution in [0.5, 0.6) is 0 Å². The maximum atomic E-state index is 11.8. The van der Waals surface area contributed by atoms with Gasteiger partial charge in [0.1, 0.15) is 6.04 Å². The third kappa shape index (κ3) is 3.95. The first-order valence-corrected chi connectivity index (χ1v) is 6.92. The zero-order valence-corrected chi connectivity index (χ0v) is 11.8. The lowest BCUT2D eigenvalue weighted by Crippen LogP contribution is -2.42. The molecule has 1 aromatic carbocycles. The molecule has 108 valence electrons. The summed E-state index contributed by atoms with van der Waals surface area (Å²) in [4.78, 5) is 24.6. The van der Waals surface area contributed by atoms with Crippen LogP contribution in [0.25, 0.3) is 0 Å². The normalized spacial score (nSPS) is 18.9. The Bertz CT molecular complexity index is 507. The predicted octanol–water partition coefficient (Wildman–Crippen LogP) is 1.51. The molecule has 1 amide bonds. The lowest BCUT2D eigenvalue weighted by atomic mass is 10.2. The molecule has 1 saturated heterocycles. The first-order chi connectivity index (χ1) is 9.56. The number of benzene rings is 1. The van der Waals surface area contributed by atoms with Crippen LogP contribution in [0.4, 0.5) is 0 Å². The molecule has 2 N–H and O–H groups in total. The summed E-state index contributed by atoms with van der Waals surface area (Å²) in [5.74, 6) is -1.02. The van der Waals surface area contributed by atoms with Crippen LogP contribution >= 0.6 is 11.6 Å². The number of carbonyl (C=O) groups excluding carboxylic acids is 1. The summed E-state index contributed by atoms with van der Waals surface area (Å²) >= 11 is 5.87. The summed E-state index contributed by atoms with van der Waals surface area (Å²) in [7, 11) is 0. The summed E-state index contributed by atoms with van der Waals surface area (Å²) in [5.41, 5.74) is 0.919. The molecule has 1 heterocycles. The van der Waals surface area contributed by atoms with E-state index in [0.29, 0.717) is 24.5 Å². The topological polar surface area (TPSA) is 69.6 Å². The van der Waals surface area contributed by atoms with E-state index in [1.807, 2.05) is 12.1 Å². The number of nitrogens with one attached hydrogen (secondary N) is 1. The Morgan fingerprint density at radius 3 is 2.95 bits per heavy atom. The van der Waals surface area contributed by atoms with E-state index in [-0.39, 0.29) is 12.5 Å². The Kier molecular flexibility index (Phi) is 4.98. The smallest absolute Gasteiger partial charge is 0.320 e. The Balaban J connectivity index is 1.82. The maximum absolute atomic E-state index is 11.8. The van der Waals surface area contributed by atoms with Crippen LogP contribution in [0.15, 0.2) is 24.3 Å². The van der Waals surface area contributed by atoms with Crippen LogP contribution in [-0.4, -0.2) is 41.0 Å². The molecule has 1 fully saturated rings. The average Bonchev–Trinajstić information content (AvgIpc) is 2.85. The van der Waals surface area contributed by atoms with Crippen molar-refractivity contribution in [2.45, 2.75) is 25.4 Å². The number of hydrogen-bond donors (Lipinski definition) is 2. The molecule has 0 aliphatic carbocycles. The first-order valence-electron chi connectivity index (χ1n) is 6.54. The molecule has 1 aliphatic heterocycles. The highest BCUT2D eigenvalue weighted by Gasteiger charge is 2.31. The van der Waals surface area contributed by atoms with Crippen molar-refractivity contribution in [1.29, 1.82) is 0 Å². The summed E-state index contributed by atoms with van der Waals surface area (Å²) in [5, 5.41) is 12.5. The lowest BCUT2D eigenvalue weighted by molar-refractivity contribution is -0.142. The van der Waals surface area contributed by atoms with E-state index in [0.717, 1.165) is 12.0 Å². The summed E-state index contributed by atoms with van der Waals surface area (Å²) in [6.07, 6.45) is 1.43. The molecule has 1 aromatic rings. The second-order valence-corrected chi connectivity index (χ2v) is 5.31. The van der Waals surface area contributed by atoms with Gasteiger partial charge in [-0.25, -0.2) is 0 Å². The van der Waals surface area contributed by atoms with E-state index in [9.17, 15) is 9.59 Å². The summed E-state index contributed by atoms with van der Waals surface area (Å²) in [6.45, 7) is 1.17. The number of rotatable bonds is 5. The molecule has 6 heteroatoms.